The number of aromatic nitrogens is 2. The molecule has 0 atom stereocenters. The molecule has 0 aliphatic rings. The number of ether oxygens (including phenoxy) is 1. The van der Waals surface area contributed by atoms with Gasteiger partial charge in [-0.25, -0.2) is 4.68 Å². The number of anilines is 1. The zero-order chi connectivity index (χ0) is 19.9. The highest BCUT2D eigenvalue weighted by Crippen LogP contribution is 2.19. The van der Waals surface area contributed by atoms with Crippen LogP contribution in [0, 0.1) is 6.92 Å². The summed E-state index contributed by atoms with van der Waals surface area (Å²) < 4.78 is 6.94. The van der Waals surface area contributed by atoms with Crippen molar-refractivity contribution in [1.82, 2.24) is 15.2 Å². The largest absolute Gasteiger partial charge is 0.497 e. The molecule has 0 spiro atoms. The molecule has 8 heteroatoms. The van der Waals surface area contributed by atoms with Gasteiger partial charge < -0.3 is 10.1 Å². The van der Waals surface area contributed by atoms with Gasteiger partial charge in [0.1, 0.15) is 10.9 Å². The van der Waals surface area contributed by atoms with Gasteiger partial charge in [-0.15, -0.1) is 0 Å². The highest BCUT2D eigenvalue weighted by molar-refractivity contribution is 7.80. The molecule has 0 bridgehead atoms. The Morgan fingerprint density at radius 1 is 1.25 bits per heavy atom. The molecular formula is C20H20ClN5OS. The standard InChI is InChI=1S/C20H20ClN5OS/c1-14-18(19(21)26(25-14)13-15-7-4-3-5-8-15)12-22-24-20(28)23-16-9-6-10-17(11-16)27-2/h3-12H,13H2,1-2H3,(H2,23,24,28)/b22-12+. The van der Waals surface area contributed by atoms with Crippen molar-refractivity contribution in [3.63, 3.8) is 0 Å². The molecule has 0 saturated carbocycles. The number of rotatable bonds is 6. The summed E-state index contributed by atoms with van der Waals surface area (Å²) >= 11 is 11.7. The molecule has 1 heterocycles. The van der Waals surface area contributed by atoms with Gasteiger partial charge in [-0.05, 0) is 36.8 Å². The van der Waals surface area contributed by atoms with E-state index in [0.29, 0.717) is 16.8 Å². The molecule has 3 rings (SSSR count). The molecule has 0 fully saturated rings. The van der Waals surface area contributed by atoms with E-state index in [0.717, 1.165) is 28.3 Å². The molecule has 0 saturated heterocycles. The molecule has 0 aliphatic carbocycles. The smallest absolute Gasteiger partial charge is 0.191 e. The summed E-state index contributed by atoms with van der Waals surface area (Å²) in [6.07, 6.45) is 1.62. The van der Waals surface area contributed by atoms with Crippen molar-refractivity contribution in [2.75, 3.05) is 12.4 Å². The van der Waals surface area contributed by atoms with Gasteiger partial charge in [-0.3, -0.25) is 5.43 Å². The van der Waals surface area contributed by atoms with E-state index in [-0.39, 0.29) is 0 Å². The van der Waals surface area contributed by atoms with E-state index in [9.17, 15) is 0 Å². The molecule has 1 aromatic heterocycles. The third kappa shape index (κ3) is 5.09. The number of hydrazone groups is 1. The van der Waals surface area contributed by atoms with Crippen molar-refractivity contribution in [1.29, 1.82) is 0 Å². The molecule has 28 heavy (non-hydrogen) atoms. The summed E-state index contributed by atoms with van der Waals surface area (Å²) in [7, 11) is 1.62. The van der Waals surface area contributed by atoms with Crippen molar-refractivity contribution >= 4 is 40.8 Å². The van der Waals surface area contributed by atoms with Gasteiger partial charge in [0.15, 0.2) is 5.11 Å². The van der Waals surface area contributed by atoms with Crippen LogP contribution < -0.4 is 15.5 Å². The van der Waals surface area contributed by atoms with Crippen LogP contribution in [0.1, 0.15) is 16.8 Å². The predicted octanol–water partition coefficient (Wildman–Crippen LogP) is 4.22. The zero-order valence-electron chi connectivity index (χ0n) is 15.5. The SMILES string of the molecule is COc1cccc(NC(=S)N/N=C/c2c(C)nn(Cc3ccccc3)c2Cl)c1. The Hall–Kier alpha value is -2.90. The summed E-state index contributed by atoms with van der Waals surface area (Å²) in [6.45, 7) is 2.49. The van der Waals surface area contributed by atoms with Gasteiger partial charge in [0.05, 0.1) is 31.1 Å². The highest BCUT2D eigenvalue weighted by Gasteiger charge is 2.12. The van der Waals surface area contributed by atoms with Crippen LogP contribution in [0.25, 0.3) is 0 Å². The van der Waals surface area contributed by atoms with E-state index in [2.05, 4.69) is 20.9 Å². The molecule has 3 aromatic rings. The molecule has 0 unspecified atom stereocenters. The van der Waals surface area contributed by atoms with Crippen molar-refractivity contribution in [3.8, 4) is 5.75 Å². The summed E-state index contributed by atoms with van der Waals surface area (Å²) in [6, 6.07) is 17.5. The summed E-state index contributed by atoms with van der Waals surface area (Å²) in [5, 5.41) is 12.6. The third-order valence-electron chi connectivity index (χ3n) is 3.97. The fourth-order valence-corrected chi connectivity index (χ4v) is 3.04. The van der Waals surface area contributed by atoms with E-state index in [1.165, 1.54) is 0 Å². The summed E-state index contributed by atoms with van der Waals surface area (Å²) in [5.74, 6) is 0.740. The topological polar surface area (TPSA) is 63.5 Å². The van der Waals surface area contributed by atoms with Crippen LogP contribution in [-0.2, 0) is 6.54 Å². The van der Waals surface area contributed by atoms with Crippen LogP contribution in [-0.4, -0.2) is 28.2 Å². The van der Waals surface area contributed by atoms with E-state index in [4.69, 9.17) is 28.6 Å². The van der Waals surface area contributed by atoms with E-state index in [1.807, 2.05) is 61.5 Å². The van der Waals surface area contributed by atoms with Crippen LogP contribution in [0.5, 0.6) is 5.75 Å². The minimum absolute atomic E-state index is 0.356. The van der Waals surface area contributed by atoms with Gasteiger partial charge in [0.25, 0.3) is 0 Å². The van der Waals surface area contributed by atoms with Gasteiger partial charge in [0.2, 0.25) is 0 Å². The van der Waals surface area contributed by atoms with Gasteiger partial charge in [-0.2, -0.15) is 10.2 Å². The van der Waals surface area contributed by atoms with Crippen LogP contribution in [0.15, 0.2) is 59.7 Å². The molecule has 0 radical (unpaired) electrons. The predicted molar refractivity (Wildman–Crippen MR) is 117 cm³/mol. The maximum Gasteiger partial charge on any atom is 0.191 e. The number of halogens is 1. The van der Waals surface area contributed by atoms with Crippen LogP contribution >= 0.6 is 23.8 Å². The molecular weight excluding hydrogens is 394 g/mol. The number of aryl methyl sites for hydroxylation is 1. The Morgan fingerprint density at radius 3 is 2.79 bits per heavy atom. The highest BCUT2D eigenvalue weighted by atomic mass is 35.5. The Kier molecular flexibility index (Phi) is 6.62. The third-order valence-corrected chi connectivity index (χ3v) is 4.56. The Labute approximate surface area is 174 Å². The van der Waals surface area contributed by atoms with Crippen molar-refractivity contribution in [2.45, 2.75) is 13.5 Å². The number of nitrogens with zero attached hydrogens (tertiary/aromatic N) is 3. The lowest BCUT2D eigenvalue weighted by molar-refractivity contribution is 0.415. The average Bonchev–Trinajstić information content (AvgIpc) is 2.96. The second kappa shape index (κ2) is 9.34. The van der Waals surface area contributed by atoms with Gasteiger partial charge in [-0.1, -0.05) is 48.0 Å². The van der Waals surface area contributed by atoms with E-state index < -0.39 is 0 Å². The monoisotopic (exact) mass is 413 g/mol. The molecule has 2 N–H and O–H groups in total. The quantitative estimate of drug-likeness (QED) is 0.360. The normalized spacial score (nSPS) is 10.8. The molecule has 0 amide bonds. The van der Waals surface area contributed by atoms with Gasteiger partial charge in [0, 0.05) is 11.8 Å². The number of benzene rings is 2. The molecule has 2 aromatic carbocycles. The van der Waals surface area contributed by atoms with Gasteiger partial charge >= 0.3 is 0 Å². The summed E-state index contributed by atoms with van der Waals surface area (Å²) in [4.78, 5) is 0. The lowest BCUT2D eigenvalue weighted by atomic mass is 10.2. The fraction of sp³-hybridized carbons (Fsp3) is 0.150. The molecule has 0 aliphatic heterocycles. The fourth-order valence-electron chi connectivity index (χ4n) is 2.59. The van der Waals surface area contributed by atoms with Crippen LogP contribution in [0.2, 0.25) is 5.15 Å². The van der Waals surface area contributed by atoms with Crippen molar-refractivity contribution < 1.29 is 4.74 Å². The van der Waals surface area contributed by atoms with Crippen LogP contribution in [0.3, 0.4) is 0 Å². The van der Waals surface area contributed by atoms with Crippen molar-refractivity contribution in [2.24, 2.45) is 5.10 Å². The first kappa shape index (κ1) is 19.9. The minimum Gasteiger partial charge on any atom is -0.497 e. The Balaban J connectivity index is 1.63. The molecule has 6 nitrogen and oxygen atoms in total. The van der Waals surface area contributed by atoms with Crippen molar-refractivity contribution in [3.05, 3.63) is 76.6 Å². The number of hydrogen-bond donors (Lipinski definition) is 2. The second-order valence-corrected chi connectivity index (χ2v) is 6.76. The number of methoxy groups -OCH3 is 1. The van der Waals surface area contributed by atoms with E-state index >= 15 is 0 Å². The Morgan fingerprint density at radius 2 is 2.04 bits per heavy atom. The maximum absolute atomic E-state index is 6.48. The lowest BCUT2D eigenvalue weighted by Gasteiger charge is -2.08. The number of nitrogens with one attached hydrogen (secondary N) is 2. The first-order valence-corrected chi connectivity index (χ1v) is 9.36. The first-order valence-electron chi connectivity index (χ1n) is 8.58. The number of hydrogen-bond acceptors (Lipinski definition) is 4. The number of thiocarbonyl (C=S) groups is 1. The average molecular weight is 414 g/mol. The molecule has 144 valence electrons. The maximum atomic E-state index is 6.48. The minimum atomic E-state index is 0.356. The lowest BCUT2D eigenvalue weighted by Crippen LogP contribution is -2.23. The van der Waals surface area contributed by atoms with E-state index in [1.54, 1.807) is 18.0 Å². The Bertz CT molecular complexity index is 988. The zero-order valence-corrected chi connectivity index (χ0v) is 17.1. The second-order valence-electron chi connectivity index (χ2n) is 5.99. The van der Waals surface area contributed by atoms with Crippen LogP contribution in [0.4, 0.5) is 5.69 Å². The first-order chi connectivity index (χ1) is 13.6. The summed E-state index contributed by atoms with van der Waals surface area (Å²) in [5.41, 5.74) is 6.24.